The van der Waals surface area contributed by atoms with Crippen molar-refractivity contribution in [2.75, 3.05) is 26.8 Å². The van der Waals surface area contributed by atoms with E-state index in [9.17, 15) is 4.79 Å². The fourth-order valence-electron chi connectivity index (χ4n) is 1.63. The standard InChI is InChI=1S/C10H17NO3/c1-4-10(12)11-5-8(2)14-9(6-11)7-13-3/h4,8-9H,1,5-7H2,2-3H3. The molecule has 0 radical (unpaired) electrons. The second kappa shape index (κ2) is 5.12. The Balaban J connectivity index is 2.53. The summed E-state index contributed by atoms with van der Waals surface area (Å²) in [5.74, 6) is -0.0405. The van der Waals surface area contributed by atoms with E-state index in [2.05, 4.69) is 6.58 Å². The maximum absolute atomic E-state index is 11.4. The van der Waals surface area contributed by atoms with Gasteiger partial charge >= 0.3 is 0 Å². The molecule has 1 aliphatic rings. The molecular formula is C10H17NO3. The summed E-state index contributed by atoms with van der Waals surface area (Å²) in [7, 11) is 1.63. The molecule has 1 aliphatic heterocycles. The maximum atomic E-state index is 11.4. The molecule has 0 saturated carbocycles. The maximum Gasteiger partial charge on any atom is 0.246 e. The van der Waals surface area contributed by atoms with Crippen LogP contribution in [0.25, 0.3) is 0 Å². The average Bonchev–Trinajstić information content (AvgIpc) is 2.16. The number of methoxy groups -OCH3 is 1. The van der Waals surface area contributed by atoms with E-state index < -0.39 is 0 Å². The summed E-state index contributed by atoms with van der Waals surface area (Å²) in [4.78, 5) is 13.1. The van der Waals surface area contributed by atoms with Crippen LogP contribution >= 0.6 is 0 Å². The summed E-state index contributed by atoms with van der Waals surface area (Å²) in [5.41, 5.74) is 0. The van der Waals surface area contributed by atoms with Crippen molar-refractivity contribution in [3.63, 3.8) is 0 Å². The van der Waals surface area contributed by atoms with Crippen molar-refractivity contribution in [1.82, 2.24) is 4.90 Å². The summed E-state index contributed by atoms with van der Waals surface area (Å²) in [6.07, 6.45) is 1.38. The van der Waals surface area contributed by atoms with Crippen LogP contribution in [0.3, 0.4) is 0 Å². The molecule has 0 aromatic carbocycles. The molecule has 0 spiro atoms. The Bertz CT molecular complexity index is 217. The Morgan fingerprint density at radius 1 is 1.71 bits per heavy atom. The highest BCUT2D eigenvalue weighted by atomic mass is 16.5. The van der Waals surface area contributed by atoms with Crippen molar-refractivity contribution >= 4 is 5.91 Å². The quantitative estimate of drug-likeness (QED) is 0.619. The monoisotopic (exact) mass is 199 g/mol. The molecule has 0 bridgehead atoms. The first-order chi connectivity index (χ1) is 6.67. The van der Waals surface area contributed by atoms with Crippen molar-refractivity contribution < 1.29 is 14.3 Å². The number of morpholine rings is 1. The van der Waals surface area contributed by atoms with Gasteiger partial charge in [0, 0.05) is 20.2 Å². The van der Waals surface area contributed by atoms with Gasteiger partial charge in [-0.05, 0) is 13.0 Å². The minimum atomic E-state index is -0.0405. The van der Waals surface area contributed by atoms with Crippen LogP contribution in [0.15, 0.2) is 12.7 Å². The van der Waals surface area contributed by atoms with Gasteiger partial charge in [-0.2, -0.15) is 0 Å². The molecule has 1 fully saturated rings. The van der Waals surface area contributed by atoms with Crippen LogP contribution in [0, 0.1) is 0 Å². The van der Waals surface area contributed by atoms with E-state index >= 15 is 0 Å². The van der Waals surface area contributed by atoms with Crippen LogP contribution in [0.5, 0.6) is 0 Å². The fourth-order valence-corrected chi connectivity index (χ4v) is 1.63. The first-order valence-corrected chi connectivity index (χ1v) is 4.73. The highest BCUT2D eigenvalue weighted by molar-refractivity contribution is 5.87. The van der Waals surface area contributed by atoms with Gasteiger partial charge < -0.3 is 14.4 Å². The van der Waals surface area contributed by atoms with Gasteiger partial charge in [0.25, 0.3) is 0 Å². The van der Waals surface area contributed by atoms with E-state index in [4.69, 9.17) is 9.47 Å². The number of hydrogen-bond acceptors (Lipinski definition) is 3. The van der Waals surface area contributed by atoms with E-state index in [0.717, 1.165) is 0 Å². The fraction of sp³-hybridized carbons (Fsp3) is 0.700. The summed E-state index contributed by atoms with van der Waals surface area (Å²) >= 11 is 0. The number of hydrogen-bond donors (Lipinski definition) is 0. The lowest BCUT2D eigenvalue weighted by Gasteiger charge is -2.35. The number of carbonyl (C=O) groups excluding carboxylic acids is 1. The lowest BCUT2D eigenvalue weighted by Crippen LogP contribution is -2.50. The Hall–Kier alpha value is -0.870. The first-order valence-electron chi connectivity index (χ1n) is 4.73. The van der Waals surface area contributed by atoms with Crippen LogP contribution < -0.4 is 0 Å². The Morgan fingerprint density at radius 2 is 2.43 bits per heavy atom. The minimum Gasteiger partial charge on any atom is -0.382 e. The van der Waals surface area contributed by atoms with Gasteiger partial charge in [0.15, 0.2) is 0 Å². The normalized spacial score (nSPS) is 27.4. The summed E-state index contributed by atoms with van der Waals surface area (Å²) < 4.78 is 10.6. The predicted molar refractivity (Wildman–Crippen MR) is 53.0 cm³/mol. The third-order valence-corrected chi connectivity index (χ3v) is 2.17. The SMILES string of the molecule is C=CC(=O)N1CC(C)OC(COC)C1. The van der Waals surface area contributed by atoms with Gasteiger partial charge in [-0.25, -0.2) is 0 Å². The lowest BCUT2D eigenvalue weighted by atomic mass is 10.2. The first kappa shape index (κ1) is 11.2. The lowest BCUT2D eigenvalue weighted by molar-refractivity contribution is -0.143. The summed E-state index contributed by atoms with van der Waals surface area (Å²) in [6.45, 7) is 7.15. The Kier molecular flexibility index (Phi) is 4.10. The number of nitrogens with zero attached hydrogens (tertiary/aromatic N) is 1. The van der Waals surface area contributed by atoms with Crippen LogP contribution in [0.2, 0.25) is 0 Å². The van der Waals surface area contributed by atoms with Gasteiger partial charge in [-0.3, -0.25) is 4.79 Å². The van der Waals surface area contributed by atoms with Gasteiger partial charge in [0.05, 0.1) is 18.8 Å². The Morgan fingerprint density at radius 3 is 3.00 bits per heavy atom. The van der Waals surface area contributed by atoms with Crippen molar-refractivity contribution in [3.05, 3.63) is 12.7 Å². The zero-order valence-electron chi connectivity index (χ0n) is 8.73. The molecule has 1 heterocycles. The molecule has 1 rings (SSSR count). The van der Waals surface area contributed by atoms with Crippen LogP contribution in [-0.4, -0.2) is 49.8 Å². The zero-order valence-corrected chi connectivity index (χ0v) is 8.73. The summed E-state index contributed by atoms with van der Waals surface area (Å²) in [5, 5.41) is 0. The van der Waals surface area contributed by atoms with Crippen molar-refractivity contribution in [1.29, 1.82) is 0 Å². The minimum absolute atomic E-state index is 0.0207. The van der Waals surface area contributed by atoms with E-state index in [-0.39, 0.29) is 18.1 Å². The molecule has 0 N–H and O–H groups in total. The second-order valence-corrected chi connectivity index (χ2v) is 3.47. The van der Waals surface area contributed by atoms with Crippen molar-refractivity contribution in [3.8, 4) is 0 Å². The molecule has 14 heavy (non-hydrogen) atoms. The largest absolute Gasteiger partial charge is 0.382 e. The van der Waals surface area contributed by atoms with Gasteiger partial charge in [0.1, 0.15) is 0 Å². The van der Waals surface area contributed by atoms with Crippen molar-refractivity contribution in [2.24, 2.45) is 0 Å². The summed E-state index contributed by atoms with van der Waals surface area (Å²) in [6, 6.07) is 0. The van der Waals surface area contributed by atoms with E-state index in [1.165, 1.54) is 6.08 Å². The van der Waals surface area contributed by atoms with Gasteiger partial charge in [-0.15, -0.1) is 0 Å². The molecule has 4 nitrogen and oxygen atoms in total. The second-order valence-electron chi connectivity index (χ2n) is 3.47. The van der Waals surface area contributed by atoms with Crippen LogP contribution in [0.1, 0.15) is 6.92 Å². The Labute approximate surface area is 84.5 Å². The third-order valence-electron chi connectivity index (χ3n) is 2.17. The number of rotatable bonds is 3. The number of amides is 1. The number of ether oxygens (including phenoxy) is 2. The molecule has 0 aliphatic carbocycles. The molecule has 2 atom stereocenters. The van der Waals surface area contributed by atoms with Crippen molar-refractivity contribution in [2.45, 2.75) is 19.1 Å². The molecule has 80 valence electrons. The van der Waals surface area contributed by atoms with Crippen LogP contribution in [0.4, 0.5) is 0 Å². The van der Waals surface area contributed by atoms with E-state index in [0.29, 0.717) is 19.7 Å². The topological polar surface area (TPSA) is 38.8 Å². The molecule has 0 aromatic heterocycles. The zero-order chi connectivity index (χ0) is 10.6. The average molecular weight is 199 g/mol. The molecule has 2 unspecified atom stereocenters. The van der Waals surface area contributed by atoms with Gasteiger partial charge in [-0.1, -0.05) is 6.58 Å². The van der Waals surface area contributed by atoms with Crippen LogP contribution in [-0.2, 0) is 14.3 Å². The van der Waals surface area contributed by atoms with E-state index in [1.54, 1.807) is 12.0 Å². The van der Waals surface area contributed by atoms with E-state index in [1.807, 2.05) is 6.92 Å². The number of carbonyl (C=O) groups is 1. The molecule has 0 aromatic rings. The third kappa shape index (κ3) is 2.82. The smallest absolute Gasteiger partial charge is 0.246 e. The molecular weight excluding hydrogens is 182 g/mol. The molecule has 1 saturated heterocycles. The molecule has 1 amide bonds. The van der Waals surface area contributed by atoms with Gasteiger partial charge in [0.2, 0.25) is 5.91 Å². The predicted octanol–water partition coefficient (Wildman–Crippen LogP) is 0.435. The highest BCUT2D eigenvalue weighted by Gasteiger charge is 2.26. The highest BCUT2D eigenvalue weighted by Crippen LogP contribution is 2.11. The molecule has 4 heteroatoms.